The van der Waals surface area contributed by atoms with E-state index in [1.807, 2.05) is 26.0 Å². The number of H-pyrrole nitrogens is 1. The summed E-state index contributed by atoms with van der Waals surface area (Å²) in [5, 5.41) is 10.7. The second kappa shape index (κ2) is 9.48. The van der Waals surface area contributed by atoms with Crippen LogP contribution in [0.4, 0.5) is 25.0 Å². The Kier molecular flexibility index (Phi) is 6.05. The Balaban J connectivity index is 1.30. The average Bonchev–Trinajstić information content (AvgIpc) is 3.55. The van der Waals surface area contributed by atoms with Gasteiger partial charge in [0.1, 0.15) is 17.7 Å². The number of fused-ring (bicyclic) bond motifs is 2. The summed E-state index contributed by atoms with van der Waals surface area (Å²) in [7, 11) is 0. The summed E-state index contributed by atoms with van der Waals surface area (Å²) in [6, 6.07) is 15.4. The number of aryl methyl sites for hydroxylation is 1. The van der Waals surface area contributed by atoms with Crippen molar-refractivity contribution >= 4 is 28.4 Å². The van der Waals surface area contributed by atoms with Crippen LogP contribution >= 0.6 is 0 Å². The lowest BCUT2D eigenvalue weighted by molar-refractivity contribution is 0.0561. The highest BCUT2D eigenvalue weighted by Gasteiger charge is 2.45. The van der Waals surface area contributed by atoms with Crippen molar-refractivity contribution in [1.82, 2.24) is 15.1 Å². The molecule has 204 valence electrons. The maximum absolute atomic E-state index is 16.2. The van der Waals surface area contributed by atoms with E-state index in [9.17, 15) is 4.79 Å². The van der Waals surface area contributed by atoms with Gasteiger partial charge in [0, 0.05) is 47.1 Å². The number of aromatic nitrogens is 3. The minimum absolute atomic E-state index is 0.128. The van der Waals surface area contributed by atoms with Gasteiger partial charge >= 0.3 is 6.09 Å². The number of para-hydroxylation sites is 1. The molecule has 10 heteroatoms. The van der Waals surface area contributed by atoms with Crippen molar-refractivity contribution in [1.29, 1.82) is 0 Å². The monoisotopic (exact) mass is 543 g/mol. The van der Waals surface area contributed by atoms with Crippen molar-refractivity contribution in [2.75, 3.05) is 10.6 Å². The summed E-state index contributed by atoms with van der Waals surface area (Å²) in [4.78, 5) is 20.3. The van der Waals surface area contributed by atoms with Gasteiger partial charge in [-0.2, -0.15) is 4.98 Å². The lowest BCUT2D eigenvalue weighted by atomic mass is 9.77. The van der Waals surface area contributed by atoms with Crippen molar-refractivity contribution in [3.05, 3.63) is 83.9 Å². The molecule has 0 spiro atoms. The van der Waals surface area contributed by atoms with Crippen molar-refractivity contribution in [2.45, 2.75) is 45.3 Å². The molecule has 1 unspecified atom stereocenters. The Hall–Kier alpha value is -4.73. The first-order valence-electron chi connectivity index (χ1n) is 12.9. The zero-order chi connectivity index (χ0) is 28.2. The van der Waals surface area contributed by atoms with E-state index in [-0.39, 0.29) is 11.1 Å². The van der Waals surface area contributed by atoms with E-state index in [2.05, 4.69) is 25.8 Å². The van der Waals surface area contributed by atoms with E-state index < -0.39 is 35.3 Å². The zero-order valence-electron chi connectivity index (χ0n) is 22.3. The second-order valence-electron chi connectivity index (χ2n) is 10.6. The first-order chi connectivity index (χ1) is 19.1. The normalized spacial score (nSPS) is 17.8. The fourth-order valence-electron chi connectivity index (χ4n) is 5.58. The predicted molar refractivity (Wildman–Crippen MR) is 148 cm³/mol. The Morgan fingerprint density at radius 1 is 1.12 bits per heavy atom. The molecule has 0 aliphatic carbocycles. The molecule has 5 aromatic rings. The number of carbonyl (C=O) groups excluding carboxylic acids is 1. The second-order valence-corrected chi connectivity index (χ2v) is 10.6. The smallest absolute Gasteiger partial charge is 0.411 e. The van der Waals surface area contributed by atoms with Crippen LogP contribution in [0.5, 0.6) is 0 Å². The number of hydrogen-bond donors (Lipinski definition) is 3. The quantitative estimate of drug-likeness (QED) is 0.218. The molecule has 1 amide bonds. The number of rotatable bonds is 4. The number of amides is 1. The summed E-state index contributed by atoms with van der Waals surface area (Å²) >= 11 is 0. The fraction of sp³-hybridized carbons (Fsp3) is 0.233. The molecule has 3 heterocycles. The van der Waals surface area contributed by atoms with Gasteiger partial charge in [0.05, 0.1) is 16.6 Å². The highest BCUT2D eigenvalue weighted by atomic mass is 19.1. The average molecular weight is 544 g/mol. The minimum Gasteiger partial charge on any atom is -0.443 e. The molecule has 0 radical (unpaired) electrons. The molecule has 2 atom stereocenters. The highest BCUT2D eigenvalue weighted by molar-refractivity contribution is 5.95. The molecule has 6 rings (SSSR count). The van der Waals surface area contributed by atoms with Gasteiger partial charge in [0.25, 0.3) is 0 Å². The minimum atomic E-state index is -0.826. The fourth-order valence-corrected chi connectivity index (χ4v) is 5.58. The molecule has 2 aromatic heterocycles. The molecule has 1 aliphatic rings. The lowest BCUT2D eigenvalue weighted by Gasteiger charge is -2.44. The van der Waals surface area contributed by atoms with Crippen LogP contribution in [-0.4, -0.2) is 32.9 Å². The number of nitrogens with one attached hydrogen (secondary N) is 3. The van der Waals surface area contributed by atoms with Crippen molar-refractivity contribution in [3.63, 3.8) is 0 Å². The SMILES string of the molecule is Cc1nc(-c2cccc(NC(=O)OC3[C@@H](C)c4c(cc(F)c(-c5cccc6cc[nH]c56)c4F)NC3(C)C)c2)no1. The Morgan fingerprint density at radius 3 is 2.70 bits per heavy atom. The highest BCUT2D eigenvalue weighted by Crippen LogP contribution is 2.46. The van der Waals surface area contributed by atoms with E-state index in [4.69, 9.17) is 9.26 Å². The summed E-state index contributed by atoms with van der Waals surface area (Å²) in [6.07, 6.45) is 0.240. The van der Waals surface area contributed by atoms with Crippen LogP contribution in [0, 0.1) is 18.6 Å². The van der Waals surface area contributed by atoms with E-state index in [0.29, 0.717) is 39.7 Å². The molecule has 0 fully saturated rings. The standard InChI is InChI=1S/C30H27F2N5O3/c1-15-23-22(14-21(31)24(25(23)32)20-10-6-7-17-11-12-33-26(17)20)36-30(3,4)27(15)39-29(38)35-19-9-5-8-18(13-19)28-34-16(2)40-37-28/h5-15,27,33,36H,1-4H3,(H,35,38)/t15-,27?/m0/s1. The molecule has 0 saturated carbocycles. The number of carbonyl (C=O) groups is 1. The maximum atomic E-state index is 16.2. The predicted octanol–water partition coefficient (Wildman–Crippen LogP) is 7.40. The third kappa shape index (κ3) is 4.35. The molecular formula is C30H27F2N5O3. The third-order valence-corrected chi connectivity index (χ3v) is 7.32. The Labute approximate surface area is 228 Å². The van der Waals surface area contributed by atoms with Crippen molar-refractivity contribution in [2.24, 2.45) is 0 Å². The molecule has 0 bridgehead atoms. The largest absolute Gasteiger partial charge is 0.443 e. The number of nitrogens with zero attached hydrogens (tertiary/aromatic N) is 2. The number of anilines is 2. The number of aromatic amines is 1. The Morgan fingerprint density at radius 2 is 1.93 bits per heavy atom. The molecule has 8 nitrogen and oxygen atoms in total. The van der Waals surface area contributed by atoms with E-state index in [0.717, 1.165) is 5.39 Å². The van der Waals surface area contributed by atoms with Crippen LogP contribution in [0.2, 0.25) is 0 Å². The van der Waals surface area contributed by atoms with Gasteiger partial charge in [-0.15, -0.1) is 0 Å². The van der Waals surface area contributed by atoms with Gasteiger partial charge in [-0.3, -0.25) is 5.32 Å². The number of hydrogen-bond acceptors (Lipinski definition) is 6. The van der Waals surface area contributed by atoms with Gasteiger partial charge in [0.2, 0.25) is 11.7 Å². The van der Waals surface area contributed by atoms with Gasteiger partial charge in [-0.25, -0.2) is 13.6 Å². The van der Waals surface area contributed by atoms with Crippen LogP contribution in [0.25, 0.3) is 33.4 Å². The number of ether oxygens (including phenoxy) is 1. The summed E-state index contributed by atoms with van der Waals surface area (Å²) in [5.41, 5.74) is 1.82. The van der Waals surface area contributed by atoms with E-state index in [1.165, 1.54) is 6.07 Å². The summed E-state index contributed by atoms with van der Waals surface area (Å²) in [6.45, 7) is 7.12. The first kappa shape index (κ1) is 25.5. The Bertz CT molecular complexity index is 1760. The van der Waals surface area contributed by atoms with Gasteiger partial charge < -0.3 is 19.6 Å². The maximum Gasteiger partial charge on any atom is 0.411 e. The first-order valence-corrected chi connectivity index (χ1v) is 12.9. The molecule has 40 heavy (non-hydrogen) atoms. The summed E-state index contributed by atoms with van der Waals surface area (Å²) < 4.78 is 42.6. The van der Waals surface area contributed by atoms with Gasteiger partial charge in [-0.1, -0.05) is 42.4 Å². The lowest BCUT2D eigenvalue weighted by Crippen LogP contribution is -2.52. The molecule has 3 N–H and O–H groups in total. The molecular weight excluding hydrogens is 516 g/mol. The van der Waals surface area contributed by atoms with Crippen LogP contribution in [0.3, 0.4) is 0 Å². The zero-order valence-corrected chi connectivity index (χ0v) is 22.3. The van der Waals surface area contributed by atoms with Crippen LogP contribution in [0.1, 0.15) is 38.1 Å². The number of benzene rings is 3. The molecule has 0 saturated heterocycles. The van der Waals surface area contributed by atoms with Gasteiger partial charge in [-0.05, 0) is 43.5 Å². The van der Waals surface area contributed by atoms with Crippen LogP contribution in [-0.2, 0) is 4.74 Å². The van der Waals surface area contributed by atoms with Gasteiger partial charge in [0.15, 0.2) is 0 Å². The summed E-state index contributed by atoms with van der Waals surface area (Å²) in [5.74, 6) is -1.14. The van der Waals surface area contributed by atoms with Crippen LogP contribution in [0.15, 0.2) is 65.3 Å². The third-order valence-electron chi connectivity index (χ3n) is 7.32. The molecule has 1 aliphatic heterocycles. The number of halogens is 2. The van der Waals surface area contributed by atoms with E-state index >= 15 is 8.78 Å². The van der Waals surface area contributed by atoms with Crippen LogP contribution < -0.4 is 10.6 Å². The molecule has 3 aromatic carbocycles. The van der Waals surface area contributed by atoms with Crippen molar-refractivity contribution < 1.29 is 22.8 Å². The van der Waals surface area contributed by atoms with Crippen molar-refractivity contribution in [3.8, 4) is 22.5 Å². The topological polar surface area (TPSA) is 105 Å². The van der Waals surface area contributed by atoms with E-state index in [1.54, 1.807) is 56.4 Å².